The second-order valence-corrected chi connectivity index (χ2v) is 5.85. The van der Waals surface area contributed by atoms with Gasteiger partial charge in [0.05, 0.1) is 0 Å². The average Bonchev–Trinajstić information content (AvgIpc) is 2.48. The van der Waals surface area contributed by atoms with Crippen molar-refractivity contribution in [2.24, 2.45) is 11.8 Å². The summed E-state index contributed by atoms with van der Waals surface area (Å²) in [7, 11) is 0. The number of hydrogen-bond donors (Lipinski definition) is 0. The molecule has 0 unspecified atom stereocenters. The van der Waals surface area contributed by atoms with Gasteiger partial charge in [0.2, 0.25) is 5.95 Å². The summed E-state index contributed by atoms with van der Waals surface area (Å²) in [5.41, 5.74) is 0.816. The molecule has 2 rings (SSSR count). The van der Waals surface area contributed by atoms with Crippen molar-refractivity contribution in [1.29, 1.82) is 0 Å². The van der Waals surface area contributed by atoms with Crippen LogP contribution in [-0.2, 0) is 0 Å². The zero-order chi connectivity index (χ0) is 14.2. The quantitative estimate of drug-likeness (QED) is 0.429. The van der Waals surface area contributed by atoms with Gasteiger partial charge in [-0.05, 0) is 43.7 Å². The largest absolute Gasteiger partial charge is 0.227 e. The SMILES string of the molecule is CCCCC[C@H]1CC[C@H](C#Cc2ccc(F)nc2)CC1. The third-order valence-electron chi connectivity index (χ3n) is 4.21. The highest BCUT2D eigenvalue weighted by molar-refractivity contribution is 5.31. The Morgan fingerprint density at radius 1 is 1.20 bits per heavy atom. The first-order chi connectivity index (χ1) is 9.78. The number of aromatic nitrogens is 1. The van der Waals surface area contributed by atoms with E-state index in [4.69, 9.17) is 0 Å². The predicted octanol–water partition coefficient (Wildman–Crippen LogP) is 4.96. The number of halogens is 1. The molecule has 1 saturated carbocycles. The van der Waals surface area contributed by atoms with E-state index in [1.807, 2.05) is 0 Å². The molecule has 0 spiro atoms. The maximum absolute atomic E-state index is 12.7. The van der Waals surface area contributed by atoms with Crippen molar-refractivity contribution >= 4 is 0 Å². The van der Waals surface area contributed by atoms with E-state index in [1.165, 1.54) is 63.6 Å². The lowest BCUT2D eigenvalue weighted by molar-refractivity contribution is 0.294. The molecule has 2 heteroatoms. The Balaban J connectivity index is 1.76. The minimum Gasteiger partial charge on any atom is -0.227 e. The highest BCUT2D eigenvalue weighted by Crippen LogP contribution is 2.31. The molecule has 0 atom stereocenters. The topological polar surface area (TPSA) is 12.9 Å². The first-order valence-electron chi connectivity index (χ1n) is 7.91. The molecule has 0 amide bonds. The van der Waals surface area contributed by atoms with Crippen LogP contribution in [-0.4, -0.2) is 4.98 Å². The molecule has 1 aliphatic carbocycles. The van der Waals surface area contributed by atoms with Crippen LogP contribution in [0.1, 0.15) is 63.9 Å². The van der Waals surface area contributed by atoms with E-state index in [0.29, 0.717) is 5.92 Å². The van der Waals surface area contributed by atoms with Crippen LogP contribution in [0.2, 0.25) is 0 Å². The lowest BCUT2D eigenvalue weighted by Crippen LogP contribution is -2.13. The minimum atomic E-state index is -0.442. The van der Waals surface area contributed by atoms with E-state index >= 15 is 0 Å². The van der Waals surface area contributed by atoms with Crippen molar-refractivity contribution in [3.63, 3.8) is 0 Å². The van der Waals surface area contributed by atoms with Gasteiger partial charge in [0.25, 0.3) is 0 Å². The van der Waals surface area contributed by atoms with E-state index in [0.717, 1.165) is 11.5 Å². The van der Waals surface area contributed by atoms with Crippen LogP contribution in [0.15, 0.2) is 18.3 Å². The first-order valence-corrected chi connectivity index (χ1v) is 7.91. The van der Waals surface area contributed by atoms with Crippen molar-refractivity contribution in [1.82, 2.24) is 4.98 Å². The van der Waals surface area contributed by atoms with Gasteiger partial charge in [0.1, 0.15) is 0 Å². The molecule has 0 radical (unpaired) electrons. The third kappa shape index (κ3) is 4.96. The summed E-state index contributed by atoms with van der Waals surface area (Å²) in [6, 6.07) is 3.07. The molecule has 0 aliphatic heterocycles. The Labute approximate surface area is 122 Å². The van der Waals surface area contributed by atoms with Gasteiger partial charge in [-0.15, -0.1) is 0 Å². The van der Waals surface area contributed by atoms with Crippen LogP contribution in [0.25, 0.3) is 0 Å². The van der Waals surface area contributed by atoms with Crippen LogP contribution in [0.3, 0.4) is 0 Å². The summed E-state index contributed by atoms with van der Waals surface area (Å²) in [5, 5.41) is 0. The van der Waals surface area contributed by atoms with Crippen LogP contribution in [0, 0.1) is 29.6 Å². The molecule has 0 saturated heterocycles. The molecular weight excluding hydrogens is 249 g/mol. The molecule has 20 heavy (non-hydrogen) atoms. The fraction of sp³-hybridized carbons (Fsp3) is 0.611. The number of pyridine rings is 1. The second-order valence-electron chi connectivity index (χ2n) is 5.85. The van der Waals surface area contributed by atoms with Gasteiger partial charge in [0, 0.05) is 17.7 Å². The van der Waals surface area contributed by atoms with Crippen molar-refractivity contribution < 1.29 is 4.39 Å². The molecular formula is C18H24FN. The monoisotopic (exact) mass is 273 g/mol. The molecule has 0 bridgehead atoms. The first kappa shape index (κ1) is 15.0. The molecule has 0 N–H and O–H groups in total. The Kier molecular flexibility index (Phi) is 6.05. The average molecular weight is 273 g/mol. The second kappa shape index (κ2) is 8.04. The molecule has 1 aromatic rings. The Morgan fingerprint density at radius 3 is 2.65 bits per heavy atom. The summed E-state index contributed by atoms with van der Waals surface area (Å²) < 4.78 is 12.7. The molecule has 1 heterocycles. The number of unbranched alkanes of at least 4 members (excludes halogenated alkanes) is 2. The molecule has 1 fully saturated rings. The zero-order valence-electron chi connectivity index (χ0n) is 12.4. The Hall–Kier alpha value is -1.36. The zero-order valence-corrected chi connectivity index (χ0v) is 12.4. The fourth-order valence-electron chi connectivity index (χ4n) is 2.91. The van der Waals surface area contributed by atoms with Crippen LogP contribution in [0.4, 0.5) is 4.39 Å². The van der Waals surface area contributed by atoms with Gasteiger partial charge >= 0.3 is 0 Å². The molecule has 108 valence electrons. The number of nitrogens with zero attached hydrogens (tertiary/aromatic N) is 1. The van der Waals surface area contributed by atoms with Gasteiger partial charge in [-0.2, -0.15) is 4.39 Å². The van der Waals surface area contributed by atoms with Gasteiger partial charge in [-0.1, -0.05) is 44.4 Å². The summed E-state index contributed by atoms with van der Waals surface area (Å²) in [6.07, 6.45) is 12.1. The van der Waals surface area contributed by atoms with Crippen molar-refractivity contribution in [3.05, 3.63) is 29.8 Å². The fourth-order valence-corrected chi connectivity index (χ4v) is 2.91. The van der Waals surface area contributed by atoms with Gasteiger partial charge in [0.15, 0.2) is 0 Å². The van der Waals surface area contributed by atoms with Gasteiger partial charge in [-0.3, -0.25) is 0 Å². The van der Waals surface area contributed by atoms with E-state index in [2.05, 4.69) is 23.7 Å². The Bertz CT molecular complexity index is 447. The minimum absolute atomic E-state index is 0.442. The Morgan fingerprint density at radius 2 is 2.00 bits per heavy atom. The van der Waals surface area contributed by atoms with E-state index < -0.39 is 5.95 Å². The van der Waals surface area contributed by atoms with Gasteiger partial charge < -0.3 is 0 Å². The predicted molar refractivity (Wildman–Crippen MR) is 80.7 cm³/mol. The van der Waals surface area contributed by atoms with Crippen LogP contribution in [0.5, 0.6) is 0 Å². The summed E-state index contributed by atoms with van der Waals surface area (Å²) >= 11 is 0. The lowest BCUT2D eigenvalue weighted by Gasteiger charge is -2.25. The summed E-state index contributed by atoms with van der Waals surface area (Å²) in [5.74, 6) is 7.46. The standard InChI is InChI=1S/C18H24FN/c1-2-3-4-5-15-6-8-16(9-7-15)10-11-17-12-13-18(19)20-14-17/h12-16H,2-9H2,1H3/t15-,16-. The van der Waals surface area contributed by atoms with Crippen molar-refractivity contribution in [3.8, 4) is 11.8 Å². The van der Waals surface area contributed by atoms with E-state index in [1.54, 1.807) is 6.07 Å². The number of rotatable bonds is 4. The molecule has 1 aliphatic rings. The third-order valence-corrected chi connectivity index (χ3v) is 4.21. The smallest absolute Gasteiger partial charge is 0.212 e. The van der Waals surface area contributed by atoms with E-state index in [-0.39, 0.29) is 0 Å². The highest BCUT2D eigenvalue weighted by atomic mass is 19.1. The highest BCUT2D eigenvalue weighted by Gasteiger charge is 2.19. The molecule has 1 nitrogen and oxygen atoms in total. The lowest BCUT2D eigenvalue weighted by atomic mass is 9.80. The van der Waals surface area contributed by atoms with E-state index in [9.17, 15) is 4.39 Å². The van der Waals surface area contributed by atoms with Crippen LogP contribution < -0.4 is 0 Å². The molecule has 1 aromatic heterocycles. The van der Waals surface area contributed by atoms with Crippen LogP contribution >= 0.6 is 0 Å². The normalized spacial score (nSPS) is 22.1. The molecule has 0 aromatic carbocycles. The number of hydrogen-bond acceptors (Lipinski definition) is 1. The van der Waals surface area contributed by atoms with Gasteiger partial charge in [-0.25, -0.2) is 4.98 Å². The maximum atomic E-state index is 12.7. The summed E-state index contributed by atoms with van der Waals surface area (Å²) in [4.78, 5) is 3.63. The van der Waals surface area contributed by atoms with Crippen molar-refractivity contribution in [2.75, 3.05) is 0 Å². The van der Waals surface area contributed by atoms with Crippen molar-refractivity contribution in [2.45, 2.75) is 58.3 Å². The summed E-state index contributed by atoms with van der Waals surface area (Å²) in [6.45, 7) is 2.26. The maximum Gasteiger partial charge on any atom is 0.212 e.